The standard InChI is InChI=1S/C15H19N3O4/c1-11-8-12(18(20)21)2-3-13(11)16-14(19)17-6-4-15(9-17)5-7-22-10-15/h2-3,8H,4-7,9-10H2,1H3,(H,16,19)/t15-/m1/s1. The smallest absolute Gasteiger partial charge is 0.321 e. The molecule has 0 aliphatic carbocycles. The normalized spacial score (nSPS) is 24.0. The summed E-state index contributed by atoms with van der Waals surface area (Å²) in [5.74, 6) is 0. The largest absolute Gasteiger partial charge is 0.381 e. The lowest BCUT2D eigenvalue weighted by Crippen LogP contribution is -2.35. The summed E-state index contributed by atoms with van der Waals surface area (Å²) in [4.78, 5) is 24.5. The summed E-state index contributed by atoms with van der Waals surface area (Å²) >= 11 is 0. The van der Waals surface area contributed by atoms with Crippen LogP contribution in [-0.4, -0.2) is 42.2 Å². The lowest BCUT2D eigenvalue weighted by Gasteiger charge is -2.22. The Morgan fingerprint density at radius 3 is 2.91 bits per heavy atom. The first-order valence-electron chi connectivity index (χ1n) is 7.38. The van der Waals surface area contributed by atoms with Crippen molar-refractivity contribution in [3.8, 4) is 0 Å². The van der Waals surface area contributed by atoms with Gasteiger partial charge in [0.2, 0.25) is 0 Å². The predicted octanol–water partition coefficient (Wildman–Crippen LogP) is 2.55. The summed E-state index contributed by atoms with van der Waals surface area (Å²) in [5.41, 5.74) is 1.45. The third kappa shape index (κ3) is 2.76. The van der Waals surface area contributed by atoms with Gasteiger partial charge >= 0.3 is 6.03 Å². The fraction of sp³-hybridized carbons (Fsp3) is 0.533. The first-order valence-corrected chi connectivity index (χ1v) is 7.38. The third-order valence-corrected chi connectivity index (χ3v) is 4.57. The summed E-state index contributed by atoms with van der Waals surface area (Å²) in [7, 11) is 0. The zero-order valence-electron chi connectivity index (χ0n) is 12.5. The van der Waals surface area contributed by atoms with Crippen molar-refractivity contribution in [2.45, 2.75) is 19.8 Å². The highest BCUT2D eigenvalue weighted by Crippen LogP contribution is 2.38. The second-order valence-electron chi connectivity index (χ2n) is 6.16. The van der Waals surface area contributed by atoms with Crippen molar-refractivity contribution in [2.75, 3.05) is 31.6 Å². The summed E-state index contributed by atoms with van der Waals surface area (Å²) in [5, 5.41) is 13.6. The summed E-state index contributed by atoms with van der Waals surface area (Å²) < 4.78 is 5.46. The Balaban J connectivity index is 1.66. The van der Waals surface area contributed by atoms with Crippen LogP contribution in [0.4, 0.5) is 16.2 Å². The fourth-order valence-corrected chi connectivity index (χ4v) is 3.18. The molecular weight excluding hydrogens is 286 g/mol. The molecule has 7 nitrogen and oxygen atoms in total. The number of aryl methyl sites for hydroxylation is 1. The second kappa shape index (κ2) is 5.57. The van der Waals surface area contributed by atoms with Crippen molar-refractivity contribution in [1.29, 1.82) is 0 Å². The number of anilines is 1. The lowest BCUT2D eigenvalue weighted by molar-refractivity contribution is -0.384. The molecule has 1 aromatic carbocycles. The SMILES string of the molecule is Cc1cc([N+](=O)[O-])ccc1NC(=O)N1CC[C@@]2(CCOC2)C1. The fourth-order valence-electron chi connectivity index (χ4n) is 3.18. The van der Waals surface area contributed by atoms with Gasteiger partial charge in [0, 0.05) is 42.9 Å². The van der Waals surface area contributed by atoms with Gasteiger partial charge in [-0.1, -0.05) is 0 Å². The molecule has 2 aliphatic heterocycles. The van der Waals surface area contributed by atoms with Crippen molar-refractivity contribution >= 4 is 17.4 Å². The molecule has 0 bridgehead atoms. The topological polar surface area (TPSA) is 84.7 Å². The minimum absolute atomic E-state index is 0.0266. The monoisotopic (exact) mass is 305 g/mol. The zero-order chi connectivity index (χ0) is 15.7. The molecule has 2 amide bonds. The van der Waals surface area contributed by atoms with Crippen LogP contribution >= 0.6 is 0 Å². The van der Waals surface area contributed by atoms with Gasteiger partial charge in [0.1, 0.15) is 0 Å². The van der Waals surface area contributed by atoms with E-state index in [0.717, 1.165) is 32.6 Å². The maximum Gasteiger partial charge on any atom is 0.321 e. The van der Waals surface area contributed by atoms with Gasteiger partial charge in [-0.05, 0) is 31.4 Å². The van der Waals surface area contributed by atoms with Crippen LogP contribution < -0.4 is 5.32 Å². The van der Waals surface area contributed by atoms with E-state index in [4.69, 9.17) is 4.74 Å². The predicted molar refractivity (Wildman–Crippen MR) is 80.9 cm³/mol. The maximum atomic E-state index is 12.4. The van der Waals surface area contributed by atoms with E-state index >= 15 is 0 Å². The Morgan fingerprint density at radius 1 is 1.45 bits per heavy atom. The summed E-state index contributed by atoms with van der Waals surface area (Å²) in [6.45, 7) is 4.69. The lowest BCUT2D eigenvalue weighted by atomic mass is 9.87. The average Bonchev–Trinajstić information content (AvgIpc) is 3.11. The Morgan fingerprint density at radius 2 is 2.27 bits per heavy atom. The van der Waals surface area contributed by atoms with Gasteiger partial charge in [-0.25, -0.2) is 4.79 Å². The number of rotatable bonds is 2. The van der Waals surface area contributed by atoms with Crippen molar-refractivity contribution in [3.05, 3.63) is 33.9 Å². The molecule has 0 radical (unpaired) electrons. The van der Waals surface area contributed by atoms with E-state index in [1.165, 1.54) is 12.1 Å². The van der Waals surface area contributed by atoms with Crippen molar-refractivity contribution in [2.24, 2.45) is 5.41 Å². The van der Waals surface area contributed by atoms with E-state index in [9.17, 15) is 14.9 Å². The number of hydrogen-bond acceptors (Lipinski definition) is 4. The molecule has 2 fully saturated rings. The van der Waals surface area contributed by atoms with E-state index in [1.54, 1.807) is 17.9 Å². The highest BCUT2D eigenvalue weighted by molar-refractivity contribution is 5.90. The molecule has 7 heteroatoms. The van der Waals surface area contributed by atoms with E-state index in [0.29, 0.717) is 17.8 Å². The Hall–Kier alpha value is -2.15. The quantitative estimate of drug-likeness (QED) is 0.672. The molecular formula is C15H19N3O4. The van der Waals surface area contributed by atoms with Gasteiger partial charge in [-0.15, -0.1) is 0 Å². The first kappa shape index (κ1) is 14.8. The number of nitro benzene ring substituents is 1. The molecule has 2 heterocycles. The maximum absolute atomic E-state index is 12.4. The number of benzene rings is 1. The minimum atomic E-state index is -0.442. The number of ether oxygens (including phenoxy) is 1. The van der Waals surface area contributed by atoms with Crippen LogP contribution in [0.1, 0.15) is 18.4 Å². The van der Waals surface area contributed by atoms with Gasteiger partial charge in [0.05, 0.1) is 11.5 Å². The number of nitrogens with one attached hydrogen (secondary N) is 1. The van der Waals surface area contributed by atoms with Crippen molar-refractivity contribution in [1.82, 2.24) is 4.90 Å². The second-order valence-corrected chi connectivity index (χ2v) is 6.16. The van der Waals surface area contributed by atoms with E-state index in [1.807, 2.05) is 0 Å². The Labute approximate surface area is 128 Å². The molecule has 2 saturated heterocycles. The van der Waals surface area contributed by atoms with Gasteiger partial charge in [-0.3, -0.25) is 10.1 Å². The number of likely N-dealkylation sites (tertiary alicyclic amines) is 1. The molecule has 0 saturated carbocycles. The third-order valence-electron chi connectivity index (χ3n) is 4.57. The molecule has 1 N–H and O–H groups in total. The van der Waals surface area contributed by atoms with Crippen molar-refractivity contribution < 1.29 is 14.5 Å². The van der Waals surface area contributed by atoms with E-state index in [-0.39, 0.29) is 17.1 Å². The molecule has 118 valence electrons. The Kier molecular flexibility index (Phi) is 3.74. The van der Waals surface area contributed by atoms with Gasteiger partial charge in [0.25, 0.3) is 5.69 Å². The number of carbonyl (C=O) groups excluding carboxylic acids is 1. The minimum Gasteiger partial charge on any atom is -0.381 e. The highest BCUT2D eigenvalue weighted by atomic mass is 16.6. The molecule has 22 heavy (non-hydrogen) atoms. The number of amides is 2. The highest BCUT2D eigenvalue weighted by Gasteiger charge is 2.42. The number of nitro groups is 1. The van der Waals surface area contributed by atoms with Gasteiger partial charge < -0.3 is 15.0 Å². The van der Waals surface area contributed by atoms with Crippen LogP contribution in [-0.2, 0) is 4.74 Å². The summed E-state index contributed by atoms with van der Waals surface area (Å²) in [6.07, 6.45) is 1.98. The van der Waals surface area contributed by atoms with Crippen LogP contribution in [0.3, 0.4) is 0 Å². The van der Waals surface area contributed by atoms with E-state index in [2.05, 4.69) is 5.32 Å². The number of urea groups is 1. The zero-order valence-corrected chi connectivity index (χ0v) is 12.5. The average molecular weight is 305 g/mol. The van der Waals surface area contributed by atoms with Crippen LogP contribution in [0.2, 0.25) is 0 Å². The number of non-ortho nitro benzene ring substituents is 1. The van der Waals surface area contributed by atoms with Crippen LogP contribution in [0, 0.1) is 22.5 Å². The number of carbonyl (C=O) groups is 1. The van der Waals surface area contributed by atoms with Gasteiger partial charge in [-0.2, -0.15) is 0 Å². The molecule has 1 atom stereocenters. The molecule has 0 aromatic heterocycles. The molecule has 1 aromatic rings. The molecule has 1 spiro atoms. The molecule has 0 unspecified atom stereocenters. The van der Waals surface area contributed by atoms with Crippen LogP contribution in [0.5, 0.6) is 0 Å². The number of nitrogens with zero attached hydrogens (tertiary/aromatic N) is 2. The first-order chi connectivity index (χ1) is 10.5. The molecule has 2 aliphatic rings. The van der Waals surface area contributed by atoms with E-state index < -0.39 is 4.92 Å². The molecule has 3 rings (SSSR count). The number of hydrogen-bond donors (Lipinski definition) is 1. The Bertz CT molecular complexity index is 611. The van der Waals surface area contributed by atoms with Crippen molar-refractivity contribution in [3.63, 3.8) is 0 Å². The van der Waals surface area contributed by atoms with Crippen LogP contribution in [0.15, 0.2) is 18.2 Å². The van der Waals surface area contributed by atoms with Gasteiger partial charge in [0.15, 0.2) is 0 Å². The summed E-state index contributed by atoms with van der Waals surface area (Å²) in [6, 6.07) is 4.29. The van der Waals surface area contributed by atoms with Crippen LogP contribution in [0.25, 0.3) is 0 Å².